The van der Waals surface area contributed by atoms with Crippen LogP contribution in [0.15, 0.2) is 0 Å². The molecule has 0 aromatic heterocycles. The van der Waals surface area contributed by atoms with Crippen LogP contribution in [0.25, 0.3) is 0 Å². The lowest BCUT2D eigenvalue weighted by Crippen LogP contribution is -2.48. The maximum Gasteiger partial charge on any atom is 0.328 e. The van der Waals surface area contributed by atoms with Crippen molar-refractivity contribution in [3.63, 3.8) is 0 Å². The van der Waals surface area contributed by atoms with Crippen molar-refractivity contribution in [3.05, 3.63) is 0 Å². The molecule has 15 heavy (non-hydrogen) atoms. The lowest BCUT2D eigenvalue weighted by molar-refractivity contribution is -0.140. The minimum atomic E-state index is -1.25. The third-order valence-corrected chi connectivity index (χ3v) is 2.35. The molecule has 0 aliphatic heterocycles. The van der Waals surface area contributed by atoms with Gasteiger partial charge in [-0.1, -0.05) is 0 Å². The van der Waals surface area contributed by atoms with Gasteiger partial charge in [0.05, 0.1) is 6.61 Å². The maximum atomic E-state index is 11.4. The summed E-state index contributed by atoms with van der Waals surface area (Å²) in [5.41, 5.74) is 0. The van der Waals surface area contributed by atoms with Crippen molar-refractivity contribution in [2.45, 2.75) is 6.04 Å². The molecule has 0 spiro atoms. The molecule has 7 heteroatoms. The monoisotopic (exact) mass is 236 g/mol. The van der Waals surface area contributed by atoms with Crippen molar-refractivity contribution >= 4 is 23.8 Å². The Balaban J connectivity index is 4.04. The molecule has 0 aromatic rings. The normalized spacial score (nSPS) is 11.9. The highest BCUT2D eigenvalue weighted by Crippen LogP contribution is 1.94. The van der Waals surface area contributed by atoms with E-state index in [0.29, 0.717) is 6.54 Å². The van der Waals surface area contributed by atoms with E-state index in [9.17, 15) is 9.59 Å². The van der Waals surface area contributed by atoms with Crippen LogP contribution in [-0.2, 0) is 4.79 Å². The number of thioether (sulfide) groups is 1. The first-order chi connectivity index (χ1) is 7.02. The van der Waals surface area contributed by atoms with Crippen LogP contribution >= 0.6 is 11.8 Å². The molecule has 0 heterocycles. The quantitative estimate of drug-likeness (QED) is 0.575. The fourth-order valence-electron chi connectivity index (χ4n) is 0.774. The second kappa shape index (κ2) is 7.36. The van der Waals surface area contributed by atoms with Gasteiger partial charge in [-0.05, 0) is 6.26 Å². The summed E-state index contributed by atoms with van der Waals surface area (Å²) in [6, 6.07) is -1.74. The molecule has 0 saturated carbocycles. The highest BCUT2D eigenvalue weighted by molar-refractivity contribution is 7.98. The number of carbonyl (C=O) groups excluding carboxylic acids is 1. The Morgan fingerprint density at radius 3 is 2.53 bits per heavy atom. The van der Waals surface area contributed by atoms with Gasteiger partial charge < -0.3 is 20.4 Å². The van der Waals surface area contributed by atoms with Crippen molar-refractivity contribution in [3.8, 4) is 0 Å². The summed E-state index contributed by atoms with van der Waals surface area (Å²) in [5.74, 6) is -0.468. The summed E-state index contributed by atoms with van der Waals surface area (Å²) < 4.78 is 0. The van der Waals surface area contributed by atoms with E-state index < -0.39 is 24.6 Å². The molecular weight excluding hydrogens is 220 g/mol. The van der Waals surface area contributed by atoms with Crippen molar-refractivity contribution in [1.29, 1.82) is 0 Å². The second-order valence-corrected chi connectivity index (χ2v) is 3.92. The lowest BCUT2D eigenvalue weighted by atomic mass is 10.3. The van der Waals surface area contributed by atoms with Gasteiger partial charge in [0.15, 0.2) is 6.04 Å². The molecule has 2 amide bonds. The number of urea groups is 1. The number of carbonyl (C=O) groups is 2. The second-order valence-electron chi connectivity index (χ2n) is 2.94. The number of rotatable bonds is 6. The van der Waals surface area contributed by atoms with Gasteiger partial charge in [-0.3, -0.25) is 0 Å². The zero-order valence-electron chi connectivity index (χ0n) is 8.77. The maximum absolute atomic E-state index is 11.4. The fourth-order valence-corrected chi connectivity index (χ4v) is 1.23. The van der Waals surface area contributed by atoms with Crippen molar-refractivity contribution in [1.82, 2.24) is 10.2 Å². The van der Waals surface area contributed by atoms with E-state index in [4.69, 9.17) is 10.2 Å². The predicted molar refractivity (Wildman–Crippen MR) is 58.1 cm³/mol. The van der Waals surface area contributed by atoms with Gasteiger partial charge in [-0.15, -0.1) is 0 Å². The number of nitrogens with one attached hydrogen (secondary N) is 1. The van der Waals surface area contributed by atoms with E-state index in [0.717, 1.165) is 5.75 Å². The molecule has 0 rings (SSSR count). The molecule has 6 nitrogen and oxygen atoms in total. The lowest BCUT2D eigenvalue weighted by Gasteiger charge is -2.19. The van der Waals surface area contributed by atoms with Crippen LogP contribution in [-0.4, -0.2) is 65.4 Å². The van der Waals surface area contributed by atoms with Crippen LogP contribution < -0.4 is 5.32 Å². The Morgan fingerprint density at radius 2 is 2.13 bits per heavy atom. The Morgan fingerprint density at radius 1 is 1.53 bits per heavy atom. The molecule has 0 aliphatic carbocycles. The van der Waals surface area contributed by atoms with E-state index in [2.05, 4.69) is 5.32 Å². The highest BCUT2D eigenvalue weighted by atomic mass is 32.2. The smallest absolute Gasteiger partial charge is 0.328 e. The number of aliphatic carboxylic acids is 1. The summed E-state index contributed by atoms with van der Waals surface area (Å²) in [7, 11) is 1.57. The van der Waals surface area contributed by atoms with E-state index in [1.807, 2.05) is 6.26 Å². The summed E-state index contributed by atoms with van der Waals surface area (Å²) in [5, 5.41) is 19.5. The van der Waals surface area contributed by atoms with Crippen LogP contribution in [0.1, 0.15) is 0 Å². The molecule has 0 saturated heterocycles. The number of amides is 2. The van der Waals surface area contributed by atoms with Crippen LogP contribution in [0.3, 0.4) is 0 Å². The highest BCUT2D eigenvalue weighted by Gasteiger charge is 2.20. The van der Waals surface area contributed by atoms with Gasteiger partial charge in [-0.25, -0.2) is 9.59 Å². The van der Waals surface area contributed by atoms with Gasteiger partial charge in [0.2, 0.25) is 0 Å². The Kier molecular flexibility index (Phi) is 6.89. The molecule has 1 unspecified atom stereocenters. The Labute approximate surface area is 92.6 Å². The first-order valence-electron chi connectivity index (χ1n) is 4.37. The Hall–Kier alpha value is -0.950. The molecule has 1 atom stereocenters. The topological polar surface area (TPSA) is 89.9 Å². The van der Waals surface area contributed by atoms with Crippen molar-refractivity contribution in [2.24, 2.45) is 0 Å². The van der Waals surface area contributed by atoms with Crippen LogP contribution in [0.2, 0.25) is 0 Å². The molecule has 0 radical (unpaired) electrons. The molecule has 0 aliphatic rings. The third-order valence-electron chi connectivity index (χ3n) is 1.76. The molecule has 0 fully saturated rings. The summed E-state index contributed by atoms with van der Waals surface area (Å²) >= 11 is 1.59. The van der Waals surface area contributed by atoms with Gasteiger partial charge in [-0.2, -0.15) is 11.8 Å². The third kappa shape index (κ3) is 5.48. The number of aliphatic hydroxyl groups is 1. The fraction of sp³-hybridized carbons (Fsp3) is 0.750. The number of nitrogens with zero attached hydrogens (tertiary/aromatic N) is 1. The summed E-state index contributed by atoms with van der Waals surface area (Å²) in [6.07, 6.45) is 1.92. The average Bonchev–Trinajstić information content (AvgIpc) is 2.21. The molecular formula is C8H16N2O4S. The van der Waals surface area contributed by atoms with Gasteiger partial charge >= 0.3 is 12.0 Å². The summed E-state index contributed by atoms with van der Waals surface area (Å²) in [6.45, 7) is -0.0811. The largest absolute Gasteiger partial charge is 0.480 e. The van der Waals surface area contributed by atoms with Crippen LogP contribution in [0.5, 0.6) is 0 Å². The first-order valence-corrected chi connectivity index (χ1v) is 5.76. The zero-order chi connectivity index (χ0) is 11.8. The Bertz CT molecular complexity index is 225. The standard InChI is InChI=1S/C8H16N2O4S/c1-10(3-4-15-2)8(14)9-6(5-11)7(12)13/h6,11H,3-5H2,1-2H3,(H,9,14)(H,12,13). The SMILES string of the molecule is CSCCN(C)C(=O)NC(CO)C(=O)O. The number of carboxylic acid groups (broad SMARTS) is 1. The zero-order valence-corrected chi connectivity index (χ0v) is 9.58. The van der Waals surface area contributed by atoms with E-state index >= 15 is 0 Å². The van der Waals surface area contributed by atoms with Crippen LogP contribution in [0, 0.1) is 0 Å². The number of hydrogen-bond acceptors (Lipinski definition) is 4. The van der Waals surface area contributed by atoms with Crippen LogP contribution in [0.4, 0.5) is 4.79 Å². The van der Waals surface area contributed by atoms with Gasteiger partial charge in [0.1, 0.15) is 0 Å². The minimum absolute atomic E-state index is 0.495. The van der Waals surface area contributed by atoms with Gasteiger partial charge in [0.25, 0.3) is 0 Å². The predicted octanol–water partition coefficient (Wildman–Crippen LogP) is -0.564. The number of carboxylic acids is 1. The van der Waals surface area contributed by atoms with Crippen molar-refractivity contribution in [2.75, 3.05) is 32.2 Å². The van der Waals surface area contributed by atoms with Gasteiger partial charge in [0, 0.05) is 19.3 Å². The number of aliphatic hydroxyl groups excluding tert-OH is 1. The average molecular weight is 236 g/mol. The van der Waals surface area contributed by atoms with E-state index in [1.165, 1.54) is 4.90 Å². The molecule has 0 aromatic carbocycles. The van der Waals surface area contributed by atoms with E-state index in [1.54, 1.807) is 18.8 Å². The summed E-state index contributed by atoms with van der Waals surface area (Å²) in [4.78, 5) is 23.2. The minimum Gasteiger partial charge on any atom is -0.480 e. The first kappa shape index (κ1) is 14.1. The van der Waals surface area contributed by atoms with E-state index in [-0.39, 0.29) is 0 Å². The molecule has 3 N–H and O–H groups in total. The molecule has 0 bridgehead atoms. The van der Waals surface area contributed by atoms with Crippen molar-refractivity contribution < 1.29 is 19.8 Å². The molecule has 88 valence electrons. The number of hydrogen-bond donors (Lipinski definition) is 3.